The molecule has 4 unspecified atom stereocenters. The molecule has 0 saturated carbocycles. The first-order valence-electron chi connectivity index (χ1n) is 7.62. The second-order valence-corrected chi connectivity index (χ2v) is 9.69. The molecule has 0 radical (unpaired) electrons. The topological polar surface area (TPSA) is 108 Å². The van der Waals surface area contributed by atoms with E-state index >= 15 is 0 Å². The number of hydrogen-bond donors (Lipinski definition) is 2. The van der Waals surface area contributed by atoms with Gasteiger partial charge in [-0.15, -0.1) is 17.0 Å². The van der Waals surface area contributed by atoms with Crippen LogP contribution in [0.3, 0.4) is 0 Å². The number of halogens is 2. The Kier molecular flexibility index (Phi) is 8.15. The van der Waals surface area contributed by atoms with Crippen molar-refractivity contribution < 1.29 is 19.3 Å². The molecule has 4 atom stereocenters. The quantitative estimate of drug-likeness (QED) is 0.482. The Balaban J connectivity index is 0.00000312. The van der Waals surface area contributed by atoms with Crippen LogP contribution in [0.5, 0.6) is 0 Å². The van der Waals surface area contributed by atoms with Gasteiger partial charge >= 0.3 is 11.9 Å². The summed E-state index contributed by atoms with van der Waals surface area (Å²) in [6.07, 6.45) is 4.91. The Bertz CT molecular complexity index is 530. The fraction of sp³-hybridized carbons (Fsp3) is 0.857. The average Bonchev–Trinajstić information content (AvgIpc) is 2.73. The predicted molar refractivity (Wildman–Crippen MR) is 110 cm³/mol. The molecule has 2 fully saturated rings. The van der Waals surface area contributed by atoms with Gasteiger partial charge in [0, 0.05) is 16.5 Å². The van der Waals surface area contributed by atoms with E-state index in [1.165, 1.54) is 0 Å². The lowest BCUT2D eigenvalue weighted by atomic mass is 9.67. The van der Waals surface area contributed by atoms with Gasteiger partial charge in [0.1, 0.15) is 16.6 Å². The standard InChI is InChI=1S/C14H24BrN3O4S2.BrH/c1-9(15)14-8-12(16,4-6-23-2)10(19)21-18(14)22-11(20)13(14,17)5-7-24-3;/h9H,4-8,16-17H2,1-3H3;1H. The third-order valence-electron chi connectivity index (χ3n) is 4.90. The smallest absolute Gasteiger partial charge is 0.330 e. The summed E-state index contributed by atoms with van der Waals surface area (Å²) in [7, 11) is 0. The summed E-state index contributed by atoms with van der Waals surface area (Å²) in [5.41, 5.74) is 9.38. The lowest BCUT2D eigenvalue weighted by Crippen LogP contribution is -2.76. The van der Waals surface area contributed by atoms with Crippen molar-refractivity contribution in [1.29, 1.82) is 0 Å². The molecule has 2 saturated heterocycles. The molecule has 2 rings (SSSR count). The lowest BCUT2D eigenvalue weighted by Gasteiger charge is -2.50. The summed E-state index contributed by atoms with van der Waals surface area (Å²) in [5.74, 6) is 0.194. The summed E-state index contributed by atoms with van der Waals surface area (Å²) >= 11 is 6.74. The van der Waals surface area contributed by atoms with Crippen LogP contribution in [0.2, 0.25) is 0 Å². The summed E-state index contributed by atoms with van der Waals surface area (Å²) in [4.78, 5) is 35.3. The van der Waals surface area contributed by atoms with Gasteiger partial charge in [-0.1, -0.05) is 22.9 Å². The highest BCUT2D eigenvalue weighted by atomic mass is 79.9. The normalized spacial score (nSPS) is 36.2. The molecule has 0 amide bonds. The maximum atomic E-state index is 12.6. The zero-order chi connectivity index (χ0) is 18.2. The van der Waals surface area contributed by atoms with Gasteiger partial charge < -0.3 is 21.1 Å². The van der Waals surface area contributed by atoms with E-state index in [9.17, 15) is 9.59 Å². The molecule has 0 aromatic rings. The summed E-state index contributed by atoms with van der Waals surface area (Å²) in [6.45, 7) is 1.86. The molecule has 146 valence electrons. The largest absolute Gasteiger partial charge is 0.351 e. The molecule has 2 heterocycles. The number of fused-ring (bicyclic) bond motifs is 1. The third-order valence-corrected chi connectivity index (χ3v) is 6.88. The third kappa shape index (κ3) is 3.74. The van der Waals surface area contributed by atoms with E-state index in [4.69, 9.17) is 21.1 Å². The first kappa shape index (κ1) is 23.5. The molecular weight excluding hydrogens is 498 g/mol. The number of hydrogen-bond acceptors (Lipinski definition) is 9. The molecule has 2 aliphatic heterocycles. The van der Waals surface area contributed by atoms with Crippen molar-refractivity contribution >= 4 is 68.4 Å². The maximum absolute atomic E-state index is 12.6. The minimum Gasteiger partial charge on any atom is -0.330 e. The van der Waals surface area contributed by atoms with Crippen LogP contribution >= 0.6 is 56.4 Å². The van der Waals surface area contributed by atoms with Gasteiger partial charge in [0.05, 0.1) is 0 Å². The first-order valence-corrected chi connectivity index (χ1v) is 11.3. The van der Waals surface area contributed by atoms with Crippen LogP contribution in [0.25, 0.3) is 0 Å². The molecule has 2 aliphatic rings. The van der Waals surface area contributed by atoms with Crippen molar-refractivity contribution in [3.8, 4) is 0 Å². The molecule has 25 heavy (non-hydrogen) atoms. The monoisotopic (exact) mass is 521 g/mol. The SMILES string of the molecule is Br.CSCCC1(N)CC2(C(C)Br)N(OC1=O)OC(=O)C2(N)CCSC. The van der Waals surface area contributed by atoms with Gasteiger partial charge in [-0.05, 0) is 36.9 Å². The van der Waals surface area contributed by atoms with Crippen LogP contribution in [-0.4, -0.2) is 62.6 Å². The number of hydroxylamine groups is 2. The second-order valence-electron chi connectivity index (χ2n) is 6.34. The number of carbonyl (C=O) groups is 2. The number of nitrogens with zero attached hydrogens (tertiary/aromatic N) is 1. The molecule has 0 aromatic carbocycles. The Morgan fingerprint density at radius 3 is 2.20 bits per heavy atom. The lowest BCUT2D eigenvalue weighted by molar-refractivity contribution is -0.364. The molecule has 0 aliphatic carbocycles. The molecule has 11 heteroatoms. The van der Waals surface area contributed by atoms with Crippen LogP contribution in [0.1, 0.15) is 26.2 Å². The molecule has 0 aromatic heterocycles. The van der Waals surface area contributed by atoms with Crippen molar-refractivity contribution in [2.45, 2.75) is 47.6 Å². The number of thioether (sulfide) groups is 2. The number of alkyl halides is 1. The van der Waals surface area contributed by atoms with E-state index in [0.29, 0.717) is 24.3 Å². The second kappa shape index (κ2) is 8.66. The minimum atomic E-state index is -1.32. The van der Waals surface area contributed by atoms with Crippen molar-refractivity contribution in [3.05, 3.63) is 0 Å². The van der Waals surface area contributed by atoms with Crippen molar-refractivity contribution in [2.24, 2.45) is 11.5 Å². The van der Waals surface area contributed by atoms with Gasteiger partial charge in [-0.25, -0.2) is 9.59 Å². The van der Waals surface area contributed by atoms with Gasteiger partial charge in [-0.3, -0.25) is 0 Å². The zero-order valence-corrected chi connectivity index (χ0v) is 19.4. The summed E-state index contributed by atoms with van der Waals surface area (Å²) in [6, 6.07) is 0. The van der Waals surface area contributed by atoms with E-state index in [0.717, 1.165) is 5.23 Å². The van der Waals surface area contributed by atoms with Crippen LogP contribution < -0.4 is 11.5 Å². The van der Waals surface area contributed by atoms with E-state index in [-0.39, 0.29) is 28.2 Å². The van der Waals surface area contributed by atoms with Crippen LogP contribution in [0.15, 0.2) is 0 Å². The van der Waals surface area contributed by atoms with Gasteiger partial charge in [0.25, 0.3) is 0 Å². The number of rotatable bonds is 7. The highest BCUT2D eigenvalue weighted by molar-refractivity contribution is 9.09. The summed E-state index contributed by atoms with van der Waals surface area (Å²) in [5, 5.41) is 0.988. The van der Waals surface area contributed by atoms with E-state index in [1.54, 1.807) is 23.5 Å². The Hall–Kier alpha value is 0.480. The fourth-order valence-corrected chi connectivity index (χ4v) is 5.15. The Labute approximate surface area is 175 Å². The molecule has 0 bridgehead atoms. The Morgan fingerprint density at radius 2 is 1.68 bits per heavy atom. The Morgan fingerprint density at radius 1 is 1.16 bits per heavy atom. The van der Waals surface area contributed by atoms with E-state index in [2.05, 4.69) is 15.9 Å². The molecule has 4 N–H and O–H groups in total. The van der Waals surface area contributed by atoms with Gasteiger partial charge in [0.2, 0.25) is 0 Å². The van der Waals surface area contributed by atoms with Gasteiger partial charge in [-0.2, -0.15) is 23.5 Å². The average molecular weight is 523 g/mol. The summed E-state index contributed by atoms with van der Waals surface area (Å²) < 4.78 is 0. The number of carbonyl (C=O) groups excluding carboxylic acids is 2. The predicted octanol–water partition coefficient (Wildman–Crippen LogP) is 1.62. The molecule has 7 nitrogen and oxygen atoms in total. The first-order chi connectivity index (χ1) is 11.2. The zero-order valence-electron chi connectivity index (χ0n) is 14.5. The molecular formula is C14H25Br2N3O4S2. The van der Waals surface area contributed by atoms with E-state index in [1.807, 2.05) is 19.4 Å². The number of nitrogens with two attached hydrogens (primary N) is 2. The van der Waals surface area contributed by atoms with Crippen LogP contribution in [0.4, 0.5) is 0 Å². The van der Waals surface area contributed by atoms with E-state index < -0.39 is 28.6 Å². The molecule has 0 spiro atoms. The van der Waals surface area contributed by atoms with Crippen molar-refractivity contribution in [1.82, 2.24) is 5.23 Å². The van der Waals surface area contributed by atoms with Crippen molar-refractivity contribution in [2.75, 3.05) is 24.0 Å². The van der Waals surface area contributed by atoms with Gasteiger partial charge in [0.15, 0.2) is 0 Å². The van der Waals surface area contributed by atoms with Crippen LogP contribution in [0, 0.1) is 0 Å². The highest BCUT2D eigenvalue weighted by Crippen LogP contribution is 2.51. The fourth-order valence-electron chi connectivity index (χ4n) is 3.32. The maximum Gasteiger partial charge on any atom is 0.351 e. The van der Waals surface area contributed by atoms with Crippen molar-refractivity contribution in [3.63, 3.8) is 0 Å². The van der Waals surface area contributed by atoms with Crippen LogP contribution in [-0.2, 0) is 19.3 Å². The highest BCUT2D eigenvalue weighted by Gasteiger charge is 2.73. The minimum absolute atomic E-state index is 0.